The minimum absolute atomic E-state index is 0.567. The highest BCUT2D eigenvalue weighted by Gasteiger charge is 2.18. The first-order valence-electron chi connectivity index (χ1n) is 8.92. The van der Waals surface area contributed by atoms with Crippen LogP contribution in [0.3, 0.4) is 0 Å². The highest BCUT2D eigenvalue weighted by Crippen LogP contribution is 2.23. The van der Waals surface area contributed by atoms with E-state index in [-0.39, 0.29) is 0 Å². The van der Waals surface area contributed by atoms with Crippen LogP contribution >= 0.6 is 0 Å². The van der Waals surface area contributed by atoms with Crippen LogP contribution in [0.2, 0.25) is 0 Å². The molecule has 1 fully saturated rings. The summed E-state index contributed by atoms with van der Waals surface area (Å²) in [7, 11) is 3.64. The van der Waals surface area contributed by atoms with Gasteiger partial charge in [0.1, 0.15) is 0 Å². The molecule has 24 heavy (non-hydrogen) atoms. The third kappa shape index (κ3) is 5.63. The fourth-order valence-corrected chi connectivity index (χ4v) is 3.34. The summed E-state index contributed by atoms with van der Waals surface area (Å²) in [4.78, 5) is 8.76. The van der Waals surface area contributed by atoms with E-state index in [1.807, 2.05) is 32.3 Å². The summed E-state index contributed by atoms with van der Waals surface area (Å²) in [6.07, 6.45) is 14.3. The van der Waals surface area contributed by atoms with Gasteiger partial charge in [-0.15, -0.1) is 0 Å². The summed E-state index contributed by atoms with van der Waals surface area (Å²) in [6.45, 7) is 10.1. The van der Waals surface area contributed by atoms with Crippen molar-refractivity contribution in [2.45, 2.75) is 58.9 Å². The van der Waals surface area contributed by atoms with Crippen LogP contribution in [0.1, 0.15) is 52.9 Å². The second kappa shape index (κ2) is 10.8. The van der Waals surface area contributed by atoms with Crippen LogP contribution in [0.5, 0.6) is 0 Å². The Bertz CT molecular complexity index is 568. The normalized spacial score (nSPS) is 19.5. The first-order valence-corrected chi connectivity index (χ1v) is 8.92. The predicted molar refractivity (Wildman–Crippen MR) is 108 cm³/mol. The molecule has 0 unspecified atom stereocenters. The van der Waals surface area contributed by atoms with Crippen LogP contribution in [0, 0.1) is 0 Å². The molecular weight excluding hydrogens is 294 g/mol. The molecule has 1 rings (SSSR count). The molecular formula is C21H33N3. The molecule has 0 bridgehead atoms. The van der Waals surface area contributed by atoms with Gasteiger partial charge >= 0.3 is 0 Å². The highest BCUT2D eigenvalue weighted by molar-refractivity contribution is 6.25. The second-order valence-electron chi connectivity index (χ2n) is 6.27. The van der Waals surface area contributed by atoms with E-state index in [2.05, 4.69) is 41.8 Å². The molecule has 1 N–H and O–H groups in total. The van der Waals surface area contributed by atoms with Gasteiger partial charge in [0, 0.05) is 43.2 Å². The van der Waals surface area contributed by atoms with Gasteiger partial charge < -0.3 is 5.32 Å². The van der Waals surface area contributed by atoms with E-state index in [0.717, 1.165) is 22.4 Å². The topological polar surface area (TPSA) is 36.8 Å². The van der Waals surface area contributed by atoms with Gasteiger partial charge in [-0.3, -0.25) is 9.98 Å². The van der Waals surface area contributed by atoms with Crippen molar-refractivity contribution in [2.24, 2.45) is 9.98 Å². The molecule has 1 aliphatic rings. The quantitative estimate of drug-likeness (QED) is 0.516. The zero-order valence-corrected chi connectivity index (χ0v) is 16.0. The number of nitrogens with one attached hydrogen (secondary N) is 1. The molecule has 0 aromatic carbocycles. The van der Waals surface area contributed by atoms with Gasteiger partial charge in [0.25, 0.3) is 0 Å². The lowest BCUT2D eigenvalue weighted by Crippen LogP contribution is -2.31. The average molecular weight is 328 g/mol. The maximum absolute atomic E-state index is 4.58. The Balaban J connectivity index is 3.29. The standard InChI is InChI=1S/C21H33N3/c1-7-12-16(3)20(21(23-6)18(8-2)15-22-5)17(4)24-19-13-10-9-11-14-19/h7-8,12,15,19,24H,1,9-11,13-14H2,2-6H3/b16-12-,18-8+,20-17-,22-15?,23-21?. The molecule has 0 heterocycles. The predicted octanol–water partition coefficient (Wildman–Crippen LogP) is 5.03. The number of allylic oxidation sites excluding steroid dienone is 7. The molecule has 1 saturated carbocycles. The highest BCUT2D eigenvalue weighted by atomic mass is 14.9. The fourth-order valence-electron chi connectivity index (χ4n) is 3.34. The Hall–Kier alpha value is -1.90. The van der Waals surface area contributed by atoms with Gasteiger partial charge in [-0.2, -0.15) is 0 Å². The molecule has 0 aliphatic heterocycles. The van der Waals surface area contributed by atoms with E-state index in [1.54, 1.807) is 7.05 Å². The number of hydrogen-bond donors (Lipinski definition) is 1. The summed E-state index contributed by atoms with van der Waals surface area (Å²) in [5, 5.41) is 3.75. The molecule has 0 amide bonds. The monoisotopic (exact) mass is 327 g/mol. The van der Waals surface area contributed by atoms with Crippen molar-refractivity contribution in [2.75, 3.05) is 14.1 Å². The summed E-state index contributed by atoms with van der Waals surface area (Å²) in [5.74, 6) is 0. The van der Waals surface area contributed by atoms with Gasteiger partial charge in [-0.1, -0.05) is 44.1 Å². The Morgan fingerprint density at radius 3 is 2.29 bits per heavy atom. The number of hydrogen-bond acceptors (Lipinski definition) is 3. The number of rotatable bonds is 7. The molecule has 1 aliphatic carbocycles. The van der Waals surface area contributed by atoms with Crippen LogP contribution in [0.15, 0.2) is 57.2 Å². The second-order valence-corrected chi connectivity index (χ2v) is 6.27. The molecule has 0 saturated heterocycles. The summed E-state index contributed by atoms with van der Waals surface area (Å²) >= 11 is 0. The van der Waals surface area contributed by atoms with Crippen LogP contribution < -0.4 is 5.32 Å². The average Bonchev–Trinajstić information content (AvgIpc) is 2.58. The lowest BCUT2D eigenvalue weighted by Gasteiger charge is -2.26. The first-order chi connectivity index (χ1) is 11.6. The summed E-state index contributed by atoms with van der Waals surface area (Å²) in [5.41, 5.74) is 5.50. The van der Waals surface area contributed by atoms with Crippen molar-refractivity contribution < 1.29 is 0 Å². The van der Waals surface area contributed by atoms with Gasteiger partial charge in [-0.05, 0) is 39.2 Å². The zero-order chi connectivity index (χ0) is 17.9. The molecule has 0 radical (unpaired) electrons. The van der Waals surface area contributed by atoms with E-state index in [9.17, 15) is 0 Å². The van der Waals surface area contributed by atoms with Crippen molar-refractivity contribution >= 4 is 11.9 Å². The van der Waals surface area contributed by atoms with E-state index in [1.165, 1.54) is 37.8 Å². The van der Waals surface area contributed by atoms with E-state index in [0.29, 0.717) is 6.04 Å². The van der Waals surface area contributed by atoms with Gasteiger partial charge in [0.15, 0.2) is 0 Å². The summed E-state index contributed by atoms with van der Waals surface area (Å²) < 4.78 is 0. The maximum atomic E-state index is 4.58. The molecule has 0 aromatic heterocycles. The van der Waals surface area contributed by atoms with E-state index >= 15 is 0 Å². The van der Waals surface area contributed by atoms with Gasteiger partial charge in [0.2, 0.25) is 0 Å². The van der Waals surface area contributed by atoms with Crippen LogP contribution in [0.25, 0.3) is 0 Å². The van der Waals surface area contributed by atoms with Gasteiger partial charge in [-0.25, -0.2) is 0 Å². The Morgan fingerprint density at radius 2 is 1.79 bits per heavy atom. The van der Waals surface area contributed by atoms with E-state index < -0.39 is 0 Å². The number of aliphatic imine (C=N–C) groups is 2. The van der Waals surface area contributed by atoms with Crippen LogP contribution in [-0.2, 0) is 0 Å². The maximum Gasteiger partial charge on any atom is 0.0747 e. The lowest BCUT2D eigenvalue weighted by atomic mass is 9.92. The molecule has 3 nitrogen and oxygen atoms in total. The Morgan fingerprint density at radius 1 is 1.12 bits per heavy atom. The third-order valence-corrected chi connectivity index (χ3v) is 4.48. The van der Waals surface area contributed by atoms with Crippen molar-refractivity contribution in [3.8, 4) is 0 Å². The minimum atomic E-state index is 0.567. The smallest absolute Gasteiger partial charge is 0.0747 e. The molecule has 3 heteroatoms. The Labute approximate surface area is 148 Å². The molecule has 132 valence electrons. The molecule has 0 atom stereocenters. The Kier molecular flexibility index (Phi) is 9.06. The fraction of sp³-hybridized carbons (Fsp3) is 0.524. The third-order valence-electron chi connectivity index (χ3n) is 4.48. The minimum Gasteiger partial charge on any atom is -0.385 e. The van der Waals surface area contributed by atoms with Crippen LogP contribution in [-0.4, -0.2) is 32.1 Å². The van der Waals surface area contributed by atoms with Crippen molar-refractivity contribution in [3.63, 3.8) is 0 Å². The molecule has 0 spiro atoms. The van der Waals surface area contributed by atoms with E-state index in [4.69, 9.17) is 0 Å². The van der Waals surface area contributed by atoms with Crippen molar-refractivity contribution in [1.29, 1.82) is 0 Å². The van der Waals surface area contributed by atoms with Crippen LogP contribution in [0.4, 0.5) is 0 Å². The first kappa shape index (κ1) is 20.1. The zero-order valence-electron chi connectivity index (χ0n) is 16.0. The van der Waals surface area contributed by atoms with Crippen molar-refractivity contribution in [3.05, 3.63) is 47.2 Å². The van der Waals surface area contributed by atoms with Gasteiger partial charge in [0.05, 0.1) is 5.71 Å². The SMILES string of the molecule is C=C/C=C(C)\C(C(=NC)/C(C=NC)=C/C)=C(/C)NC1CCCCC1. The molecule has 0 aromatic rings. The van der Waals surface area contributed by atoms with Crippen molar-refractivity contribution in [1.82, 2.24) is 5.32 Å². The lowest BCUT2D eigenvalue weighted by molar-refractivity contribution is 0.396. The largest absolute Gasteiger partial charge is 0.385 e. The summed E-state index contributed by atoms with van der Waals surface area (Å²) in [6, 6.07) is 0.567. The number of nitrogens with zero attached hydrogens (tertiary/aromatic N) is 2.